The average Bonchev–Trinajstić information content (AvgIpc) is 1.88. The van der Waals surface area contributed by atoms with Crippen molar-refractivity contribution in [1.82, 2.24) is 0 Å². The minimum Gasteiger partial charge on any atom is -0.478 e. The largest absolute Gasteiger partial charge is 0.478 e. The fraction of sp³-hybridized carbons (Fsp3) is 0. The fourth-order valence-electron chi connectivity index (χ4n) is 0.635. The van der Waals surface area contributed by atoms with E-state index >= 15 is 0 Å². The number of aromatic carboxylic acids is 1. The summed E-state index contributed by atoms with van der Waals surface area (Å²) < 4.78 is 0.771. The van der Waals surface area contributed by atoms with Gasteiger partial charge in [-0.3, -0.25) is 0 Å². The highest BCUT2D eigenvalue weighted by Gasteiger charge is 2.04. The molecule has 0 saturated carbocycles. The van der Waals surface area contributed by atoms with Gasteiger partial charge in [-0.15, -0.1) is 0 Å². The number of halogens is 1. The Labute approximate surface area is 72.0 Å². The summed E-state index contributed by atoms with van der Waals surface area (Å²) in [5.41, 5.74) is 0.364. The van der Waals surface area contributed by atoms with E-state index in [9.17, 15) is 4.79 Å². The Kier molecular flexibility index (Phi) is 2.26. The van der Waals surface area contributed by atoms with Gasteiger partial charge in [-0.2, -0.15) is 0 Å². The number of carbonyl (C=O) groups is 1. The molecule has 3 heteroatoms. The van der Waals surface area contributed by atoms with Gasteiger partial charge >= 0.3 is 5.97 Å². The molecule has 52 valence electrons. The molecule has 0 aromatic heterocycles. The molecule has 2 nitrogen and oxygen atoms in total. The van der Waals surface area contributed by atoms with Gasteiger partial charge in [0, 0.05) is 3.57 Å². The summed E-state index contributed by atoms with van der Waals surface area (Å²) in [5.74, 6) is -0.870. The third-order valence-corrected chi connectivity index (χ3v) is 2.04. The first-order valence-corrected chi connectivity index (χ1v) is 3.77. The van der Waals surface area contributed by atoms with Gasteiger partial charge < -0.3 is 5.11 Å². The molecule has 0 aliphatic carbocycles. The normalized spacial score (nSPS) is 9.30. The molecule has 0 spiro atoms. The summed E-state index contributed by atoms with van der Waals surface area (Å²) in [6.07, 6.45) is 0. The van der Waals surface area contributed by atoms with Gasteiger partial charge in [-0.1, -0.05) is 12.1 Å². The van der Waals surface area contributed by atoms with E-state index in [1.165, 1.54) is 0 Å². The lowest BCUT2D eigenvalue weighted by Crippen LogP contribution is -1.97. The third-order valence-electron chi connectivity index (χ3n) is 1.10. The number of rotatable bonds is 1. The SMILES string of the molecule is O=C(O)c1ccccc1[131I]. The van der Waals surface area contributed by atoms with E-state index in [0.717, 1.165) is 3.57 Å². The molecule has 1 aromatic rings. The van der Waals surface area contributed by atoms with Crippen LogP contribution >= 0.6 is 22.6 Å². The van der Waals surface area contributed by atoms with Gasteiger partial charge in [0.2, 0.25) is 0 Å². The lowest BCUT2D eigenvalue weighted by Gasteiger charge is -1.94. The Morgan fingerprint density at radius 3 is 2.40 bits per heavy atom. The molecule has 0 bridgehead atoms. The third kappa shape index (κ3) is 1.47. The Morgan fingerprint density at radius 1 is 1.40 bits per heavy atom. The molecule has 0 unspecified atom stereocenters. The summed E-state index contributed by atoms with van der Waals surface area (Å²) in [5, 5.41) is 8.56. The highest BCUT2D eigenvalue weighted by atomic mass is 131. The maximum absolute atomic E-state index is 10.4. The average molecular weight is 252 g/mol. The van der Waals surface area contributed by atoms with Crippen molar-refractivity contribution in [3.8, 4) is 0 Å². The molecule has 0 saturated heterocycles. The van der Waals surface area contributed by atoms with Crippen LogP contribution in [0.3, 0.4) is 0 Å². The molecular weight excluding hydrogens is 247 g/mol. The highest BCUT2D eigenvalue weighted by molar-refractivity contribution is 14.1. The van der Waals surface area contributed by atoms with Crippen LogP contribution in [0.25, 0.3) is 0 Å². The van der Waals surface area contributed by atoms with Crippen molar-refractivity contribution in [3.63, 3.8) is 0 Å². The molecule has 0 heterocycles. The van der Waals surface area contributed by atoms with Crippen molar-refractivity contribution in [2.45, 2.75) is 0 Å². The predicted octanol–water partition coefficient (Wildman–Crippen LogP) is 1.99. The van der Waals surface area contributed by atoms with Crippen molar-refractivity contribution in [2.24, 2.45) is 0 Å². The van der Waals surface area contributed by atoms with Crippen molar-refractivity contribution >= 4 is 28.6 Å². The first-order chi connectivity index (χ1) is 4.72. The van der Waals surface area contributed by atoms with Crippen molar-refractivity contribution in [3.05, 3.63) is 33.4 Å². The van der Waals surface area contributed by atoms with Crippen LogP contribution in [-0.2, 0) is 0 Å². The van der Waals surface area contributed by atoms with E-state index in [2.05, 4.69) is 0 Å². The van der Waals surface area contributed by atoms with Gasteiger partial charge in [-0.25, -0.2) is 4.79 Å². The molecule has 1 N–H and O–H groups in total. The summed E-state index contributed by atoms with van der Waals surface area (Å²) in [6.45, 7) is 0. The number of hydrogen-bond donors (Lipinski definition) is 1. The first kappa shape index (κ1) is 7.53. The highest BCUT2D eigenvalue weighted by Crippen LogP contribution is 2.10. The van der Waals surface area contributed by atoms with Crippen LogP contribution in [-0.4, -0.2) is 11.1 Å². The second-order valence-corrected chi connectivity index (χ2v) is 2.95. The zero-order valence-electron chi connectivity index (χ0n) is 5.04. The maximum Gasteiger partial charge on any atom is 0.336 e. The Balaban J connectivity index is 3.15. The lowest BCUT2D eigenvalue weighted by molar-refractivity contribution is 0.0696. The lowest BCUT2D eigenvalue weighted by atomic mass is 10.2. The van der Waals surface area contributed by atoms with Gasteiger partial charge in [-0.05, 0) is 34.7 Å². The molecule has 0 radical (unpaired) electrons. The fourth-order valence-corrected chi connectivity index (χ4v) is 1.25. The van der Waals surface area contributed by atoms with Crippen LogP contribution < -0.4 is 0 Å². The van der Waals surface area contributed by atoms with Crippen molar-refractivity contribution in [2.75, 3.05) is 0 Å². The van der Waals surface area contributed by atoms with Crippen molar-refractivity contribution in [1.29, 1.82) is 0 Å². The smallest absolute Gasteiger partial charge is 0.336 e. The first-order valence-electron chi connectivity index (χ1n) is 2.69. The number of hydrogen-bond acceptors (Lipinski definition) is 1. The van der Waals surface area contributed by atoms with E-state index in [0.29, 0.717) is 5.56 Å². The Hall–Kier alpha value is -0.580. The van der Waals surface area contributed by atoms with E-state index in [4.69, 9.17) is 5.11 Å². The number of benzene rings is 1. The summed E-state index contributed by atoms with van der Waals surface area (Å²) in [7, 11) is 0. The molecule has 1 aromatic carbocycles. The molecule has 0 aliphatic rings. The molecule has 0 atom stereocenters. The van der Waals surface area contributed by atoms with Crippen LogP contribution in [0, 0.1) is 3.57 Å². The van der Waals surface area contributed by atoms with Gasteiger partial charge in [0.15, 0.2) is 0 Å². The summed E-state index contributed by atoms with van der Waals surface area (Å²) in [6, 6.07) is 6.88. The predicted molar refractivity (Wildman–Crippen MR) is 46.1 cm³/mol. The molecule has 0 fully saturated rings. The van der Waals surface area contributed by atoms with Crippen LogP contribution in [0.5, 0.6) is 0 Å². The minimum absolute atomic E-state index is 0.364. The maximum atomic E-state index is 10.4. The van der Waals surface area contributed by atoms with E-state index < -0.39 is 5.97 Å². The van der Waals surface area contributed by atoms with Gasteiger partial charge in [0.25, 0.3) is 0 Å². The topological polar surface area (TPSA) is 37.3 Å². The Bertz CT molecular complexity index is 258. The molecular formula is C7H5IO2. The van der Waals surface area contributed by atoms with Crippen LogP contribution in [0.1, 0.15) is 10.4 Å². The summed E-state index contributed by atoms with van der Waals surface area (Å²) >= 11 is 1.99. The number of carboxylic acids is 1. The monoisotopic (exact) mass is 252 g/mol. The second-order valence-electron chi connectivity index (χ2n) is 1.78. The molecule has 0 amide bonds. The summed E-state index contributed by atoms with van der Waals surface area (Å²) in [4.78, 5) is 10.4. The van der Waals surface area contributed by atoms with Crippen molar-refractivity contribution < 1.29 is 9.90 Å². The van der Waals surface area contributed by atoms with Gasteiger partial charge in [0.05, 0.1) is 5.56 Å². The van der Waals surface area contributed by atoms with Gasteiger partial charge in [0.1, 0.15) is 0 Å². The molecule has 1 rings (SSSR count). The zero-order valence-corrected chi connectivity index (χ0v) is 7.20. The standard InChI is InChI=1S/C7H5IO2/c8-6-4-2-1-3-5(6)7(9)10/h1-4H,(H,9,10)/i8+4. The van der Waals surface area contributed by atoms with Crippen LogP contribution in [0.2, 0.25) is 0 Å². The van der Waals surface area contributed by atoms with E-state index in [-0.39, 0.29) is 0 Å². The second kappa shape index (κ2) is 3.01. The van der Waals surface area contributed by atoms with Crippen LogP contribution in [0.15, 0.2) is 24.3 Å². The molecule has 0 aliphatic heterocycles. The minimum atomic E-state index is -0.870. The number of carboxylic acid groups (broad SMARTS) is 1. The molecule has 10 heavy (non-hydrogen) atoms. The Morgan fingerprint density at radius 2 is 2.00 bits per heavy atom. The quantitative estimate of drug-likeness (QED) is 0.776. The van der Waals surface area contributed by atoms with Crippen LogP contribution in [0.4, 0.5) is 0 Å². The van der Waals surface area contributed by atoms with E-state index in [1.54, 1.807) is 18.2 Å². The zero-order chi connectivity index (χ0) is 7.56. The van der Waals surface area contributed by atoms with E-state index in [1.807, 2.05) is 28.7 Å².